The number of hydrogen-bond acceptors (Lipinski definition) is 3. The van der Waals surface area contributed by atoms with E-state index in [1.807, 2.05) is 24.4 Å². The van der Waals surface area contributed by atoms with E-state index < -0.39 is 0 Å². The topological polar surface area (TPSA) is 72.4 Å². The molecule has 0 aliphatic rings. The van der Waals surface area contributed by atoms with Gasteiger partial charge in [-0.3, -0.25) is 4.79 Å². The summed E-state index contributed by atoms with van der Waals surface area (Å²) >= 11 is 11.9. The van der Waals surface area contributed by atoms with Crippen LogP contribution in [0, 0.1) is 0 Å². The molecule has 2 aromatic heterocycles. The Hall–Kier alpha value is -2.24. The number of nitrogens with two attached hydrogens (primary N) is 1. The first-order valence-electron chi connectivity index (χ1n) is 6.04. The molecule has 7 heteroatoms. The van der Waals surface area contributed by atoms with Crippen molar-refractivity contribution in [2.75, 3.05) is 11.1 Å². The Labute approximate surface area is 130 Å². The minimum atomic E-state index is -0.351. The number of fused-ring (bicyclic) bond motifs is 1. The molecule has 2 heterocycles. The van der Waals surface area contributed by atoms with Crippen molar-refractivity contribution in [3.8, 4) is 0 Å². The van der Waals surface area contributed by atoms with Crippen molar-refractivity contribution in [2.24, 2.45) is 0 Å². The first-order valence-corrected chi connectivity index (χ1v) is 6.80. The fourth-order valence-corrected chi connectivity index (χ4v) is 2.38. The maximum atomic E-state index is 12.2. The molecule has 1 amide bonds. The number of nitrogens with one attached hydrogen (secondary N) is 1. The predicted octanol–water partition coefficient (Wildman–Crippen LogP) is 3.48. The van der Waals surface area contributed by atoms with Gasteiger partial charge in [0.2, 0.25) is 0 Å². The average molecular weight is 321 g/mol. The quantitative estimate of drug-likeness (QED) is 0.710. The van der Waals surface area contributed by atoms with Gasteiger partial charge in [0.25, 0.3) is 5.91 Å². The summed E-state index contributed by atoms with van der Waals surface area (Å²) in [5.41, 5.74) is 7.38. The highest BCUT2D eigenvalue weighted by atomic mass is 35.5. The van der Waals surface area contributed by atoms with Crippen LogP contribution in [0.15, 0.2) is 42.7 Å². The highest BCUT2D eigenvalue weighted by Crippen LogP contribution is 2.31. The predicted molar refractivity (Wildman–Crippen MR) is 84.0 cm³/mol. The molecule has 0 bridgehead atoms. The normalized spacial score (nSPS) is 10.8. The van der Waals surface area contributed by atoms with Crippen molar-refractivity contribution < 1.29 is 4.79 Å². The lowest BCUT2D eigenvalue weighted by molar-refractivity contribution is 0.102. The van der Waals surface area contributed by atoms with Gasteiger partial charge < -0.3 is 15.5 Å². The summed E-state index contributed by atoms with van der Waals surface area (Å²) in [4.78, 5) is 16.4. The van der Waals surface area contributed by atoms with Gasteiger partial charge in [-0.2, -0.15) is 0 Å². The number of hydrogen-bond donors (Lipinski definition) is 2. The number of carbonyl (C=O) groups excluding carboxylic acids is 1. The van der Waals surface area contributed by atoms with E-state index in [0.717, 1.165) is 0 Å². The Balaban J connectivity index is 1.89. The largest absolute Gasteiger partial charge is 0.396 e. The first kappa shape index (κ1) is 13.7. The number of imidazole rings is 1. The van der Waals surface area contributed by atoms with Crippen LogP contribution in [-0.4, -0.2) is 15.3 Å². The van der Waals surface area contributed by atoms with Gasteiger partial charge in [-0.25, -0.2) is 4.98 Å². The van der Waals surface area contributed by atoms with Crippen LogP contribution in [0.2, 0.25) is 10.0 Å². The van der Waals surface area contributed by atoms with Gasteiger partial charge >= 0.3 is 0 Å². The number of halogens is 2. The minimum Gasteiger partial charge on any atom is -0.396 e. The Bertz CT molecular complexity index is 788. The van der Waals surface area contributed by atoms with Crippen LogP contribution in [0.3, 0.4) is 0 Å². The van der Waals surface area contributed by atoms with Gasteiger partial charge in [0, 0.05) is 18.1 Å². The zero-order chi connectivity index (χ0) is 15.0. The van der Waals surface area contributed by atoms with E-state index in [0.29, 0.717) is 17.0 Å². The molecule has 3 aromatic rings. The Morgan fingerprint density at radius 3 is 2.62 bits per heavy atom. The van der Waals surface area contributed by atoms with Crippen molar-refractivity contribution in [2.45, 2.75) is 0 Å². The van der Waals surface area contributed by atoms with E-state index in [-0.39, 0.29) is 21.6 Å². The Morgan fingerprint density at radius 2 is 1.95 bits per heavy atom. The van der Waals surface area contributed by atoms with Crippen molar-refractivity contribution >= 4 is 46.1 Å². The summed E-state index contributed by atoms with van der Waals surface area (Å²) in [5, 5.41) is 3.26. The van der Waals surface area contributed by atoms with Crippen LogP contribution >= 0.6 is 23.2 Å². The molecule has 0 fully saturated rings. The number of anilines is 2. The van der Waals surface area contributed by atoms with Crippen LogP contribution in [0.25, 0.3) is 5.65 Å². The number of nitrogens with zero attached hydrogens (tertiary/aromatic N) is 2. The first-order chi connectivity index (χ1) is 10.0. The second kappa shape index (κ2) is 5.27. The van der Waals surface area contributed by atoms with E-state index in [9.17, 15) is 4.79 Å². The van der Waals surface area contributed by atoms with Crippen molar-refractivity contribution in [3.63, 3.8) is 0 Å². The van der Waals surface area contributed by atoms with Gasteiger partial charge in [0.1, 0.15) is 11.3 Å². The van der Waals surface area contributed by atoms with E-state index in [4.69, 9.17) is 28.9 Å². The van der Waals surface area contributed by atoms with E-state index in [1.54, 1.807) is 10.6 Å². The van der Waals surface area contributed by atoms with Gasteiger partial charge in [-0.05, 0) is 24.3 Å². The van der Waals surface area contributed by atoms with Crippen LogP contribution in [0.4, 0.5) is 11.4 Å². The molecule has 3 N–H and O–H groups in total. The van der Waals surface area contributed by atoms with Gasteiger partial charge in [0.05, 0.1) is 15.7 Å². The molecule has 0 saturated heterocycles. The van der Waals surface area contributed by atoms with Crippen molar-refractivity contribution in [1.82, 2.24) is 9.38 Å². The number of carbonyl (C=O) groups is 1. The summed E-state index contributed by atoms with van der Waals surface area (Å²) in [6.07, 6.45) is 3.46. The van der Waals surface area contributed by atoms with Crippen LogP contribution < -0.4 is 11.1 Å². The molecular formula is C14H10Cl2N4O. The smallest absolute Gasteiger partial charge is 0.275 e. The van der Waals surface area contributed by atoms with Crippen LogP contribution in [-0.2, 0) is 0 Å². The number of benzene rings is 1. The van der Waals surface area contributed by atoms with Crippen molar-refractivity contribution in [1.29, 1.82) is 0 Å². The number of pyridine rings is 1. The maximum absolute atomic E-state index is 12.2. The van der Waals surface area contributed by atoms with E-state index >= 15 is 0 Å². The summed E-state index contributed by atoms with van der Waals surface area (Å²) < 4.78 is 1.76. The molecule has 1 aromatic carbocycles. The number of rotatable bonds is 2. The highest BCUT2D eigenvalue weighted by Gasteiger charge is 2.12. The average Bonchev–Trinajstić information content (AvgIpc) is 2.88. The molecular weight excluding hydrogens is 311 g/mol. The zero-order valence-electron chi connectivity index (χ0n) is 10.7. The second-order valence-corrected chi connectivity index (χ2v) is 5.21. The standard InChI is InChI=1S/C14H10Cl2N4O/c15-9-5-8(6-10(16)13(9)17)18-14(21)11-7-20-4-2-1-3-12(20)19-11/h1-7H,17H2,(H,18,21). The van der Waals surface area contributed by atoms with E-state index in [2.05, 4.69) is 10.3 Å². The molecule has 3 rings (SSSR count). The molecule has 0 aliphatic heterocycles. The molecule has 0 unspecified atom stereocenters. The minimum absolute atomic E-state index is 0.282. The van der Waals surface area contributed by atoms with Gasteiger partial charge in [-0.15, -0.1) is 0 Å². The Kier molecular flexibility index (Phi) is 3.45. The third kappa shape index (κ3) is 2.66. The lowest BCUT2D eigenvalue weighted by Gasteiger charge is -2.07. The summed E-state index contributed by atoms with van der Waals surface area (Å²) in [6, 6.07) is 8.60. The molecule has 5 nitrogen and oxygen atoms in total. The molecule has 106 valence electrons. The summed E-state index contributed by atoms with van der Waals surface area (Å²) in [7, 11) is 0. The number of nitrogen functional groups attached to an aromatic ring is 1. The lowest BCUT2D eigenvalue weighted by Crippen LogP contribution is -2.12. The Morgan fingerprint density at radius 1 is 1.24 bits per heavy atom. The van der Waals surface area contributed by atoms with Crippen LogP contribution in [0.1, 0.15) is 10.5 Å². The molecule has 21 heavy (non-hydrogen) atoms. The third-order valence-electron chi connectivity index (χ3n) is 2.93. The molecule has 0 aliphatic carbocycles. The van der Waals surface area contributed by atoms with Gasteiger partial charge in [0.15, 0.2) is 0 Å². The highest BCUT2D eigenvalue weighted by molar-refractivity contribution is 6.39. The summed E-state index contributed by atoms with van der Waals surface area (Å²) in [6.45, 7) is 0. The second-order valence-electron chi connectivity index (χ2n) is 4.40. The SMILES string of the molecule is Nc1c(Cl)cc(NC(=O)c2cn3ccccc3n2)cc1Cl. The zero-order valence-corrected chi connectivity index (χ0v) is 12.2. The van der Waals surface area contributed by atoms with Crippen LogP contribution in [0.5, 0.6) is 0 Å². The van der Waals surface area contributed by atoms with Crippen molar-refractivity contribution in [3.05, 3.63) is 58.5 Å². The molecule has 0 spiro atoms. The fourth-order valence-electron chi connectivity index (χ4n) is 1.90. The lowest BCUT2D eigenvalue weighted by atomic mass is 10.2. The van der Waals surface area contributed by atoms with Gasteiger partial charge in [-0.1, -0.05) is 29.3 Å². The maximum Gasteiger partial charge on any atom is 0.275 e. The molecule has 0 atom stereocenters. The fraction of sp³-hybridized carbons (Fsp3) is 0. The summed E-state index contributed by atoms with van der Waals surface area (Å²) in [5.74, 6) is -0.351. The third-order valence-corrected chi connectivity index (χ3v) is 3.56. The monoisotopic (exact) mass is 320 g/mol. The van der Waals surface area contributed by atoms with E-state index in [1.165, 1.54) is 12.1 Å². The molecule has 0 radical (unpaired) electrons. The number of amides is 1. The number of aromatic nitrogens is 2. The molecule has 0 saturated carbocycles.